The van der Waals surface area contributed by atoms with Crippen molar-refractivity contribution in [3.8, 4) is 11.5 Å². The Morgan fingerprint density at radius 3 is 2.64 bits per heavy atom. The van der Waals surface area contributed by atoms with E-state index in [1.165, 1.54) is 0 Å². The monoisotopic (exact) mass is 496 g/mol. The maximum absolute atomic E-state index is 13.2. The van der Waals surface area contributed by atoms with E-state index in [9.17, 15) is 4.79 Å². The first-order valence-corrected chi connectivity index (χ1v) is 12.9. The molecule has 36 heavy (non-hydrogen) atoms. The van der Waals surface area contributed by atoms with Crippen molar-refractivity contribution in [3.05, 3.63) is 39.9 Å². The zero-order chi connectivity index (χ0) is 24.5. The highest BCUT2D eigenvalue weighted by Gasteiger charge is 2.30. The third-order valence-electron chi connectivity index (χ3n) is 7.34. The molecule has 0 bridgehead atoms. The molecule has 0 amide bonds. The van der Waals surface area contributed by atoms with Crippen LogP contribution in [0.15, 0.2) is 23.0 Å². The van der Waals surface area contributed by atoms with E-state index in [1.807, 2.05) is 22.9 Å². The highest BCUT2D eigenvalue weighted by Crippen LogP contribution is 2.35. The van der Waals surface area contributed by atoms with Gasteiger partial charge in [-0.3, -0.25) is 9.69 Å². The molecule has 2 aromatic heterocycles. The van der Waals surface area contributed by atoms with Crippen LogP contribution in [0.1, 0.15) is 56.5 Å². The van der Waals surface area contributed by atoms with E-state index in [1.54, 1.807) is 0 Å². The Morgan fingerprint density at radius 1 is 1.11 bits per heavy atom. The van der Waals surface area contributed by atoms with Crippen molar-refractivity contribution in [1.82, 2.24) is 30.1 Å². The minimum Gasteiger partial charge on any atom is -0.454 e. The summed E-state index contributed by atoms with van der Waals surface area (Å²) in [6.45, 7) is 5.66. The van der Waals surface area contributed by atoms with Gasteiger partial charge in [-0.15, -0.1) is 5.10 Å². The Morgan fingerprint density at radius 2 is 1.89 bits per heavy atom. The van der Waals surface area contributed by atoms with Crippen LogP contribution in [0.4, 0.5) is 0 Å². The SMILES string of the molecule is CC[C@@H](c1nnnn1C[C@H]1CCCO1)N(Cc1cc2cc3c(cc2[nH]c1=O)OCO3)C[C@@H]1CCCO1. The molecule has 3 aromatic rings. The summed E-state index contributed by atoms with van der Waals surface area (Å²) >= 11 is 0. The second-order valence-corrected chi connectivity index (χ2v) is 9.76. The summed E-state index contributed by atoms with van der Waals surface area (Å²) in [4.78, 5) is 18.5. The minimum atomic E-state index is -0.118. The van der Waals surface area contributed by atoms with Crippen molar-refractivity contribution in [2.45, 2.75) is 70.4 Å². The van der Waals surface area contributed by atoms with Gasteiger partial charge in [-0.1, -0.05) is 6.92 Å². The van der Waals surface area contributed by atoms with Crippen LogP contribution in [0.5, 0.6) is 11.5 Å². The first-order valence-electron chi connectivity index (χ1n) is 12.9. The maximum Gasteiger partial charge on any atom is 0.252 e. The Kier molecular flexibility index (Phi) is 6.60. The Bertz CT molecular complexity index is 1260. The van der Waals surface area contributed by atoms with Gasteiger partial charge in [0, 0.05) is 43.3 Å². The molecular weight excluding hydrogens is 464 g/mol. The average Bonchev–Trinajstić information content (AvgIpc) is 3.68. The Hall–Kier alpha value is -3.02. The molecule has 192 valence electrons. The number of nitrogens with one attached hydrogen (secondary N) is 1. The number of pyridine rings is 1. The number of H-pyrrole nitrogens is 1. The van der Waals surface area contributed by atoms with Gasteiger partial charge < -0.3 is 23.9 Å². The molecule has 1 N–H and O–H groups in total. The number of tetrazole rings is 1. The number of hydrogen-bond acceptors (Lipinski definition) is 9. The van der Waals surface area contributed by atoms with Crippen LogP contribution >= 0.6 is 0 Å². The zero-order valence-electron chi connectivity index (χ0n) is 20.5. The van der Waals surface area contributed by atoms with E-state index in [0.29, 0.717) is 36.7 Å². The van der Waals surface area contributed by atoms with Gasteiger partial charge in [0.2, 0.25) is 6.79 Å². The summed E-state index contributed by atoms with van der Waals surface area (Å²) in [5.41, 5.74) is 1.29. The van der Waals surface area contributed by atoms with Gasteiger partial charge in [0.05, 0.1) is 30.3 Å². The number of fused-ring (bicyclic) bond motifs is 2. The van der Waals surface area contributed by atoms with Crippen molar-refractivity contribution in [1.29, 1.82) is 0 Å². The number of hydrogen-bond donors (Lipinski definition) is 1. The third kappa shape index (κ3) is 4.70. The van der Waals surface area contributed by atoms with Gasteiger partial charge >= 0.3 is 0 Å². The summed E-state index contributed by atoms with van der Waals surface area (Å²) in [6.07, 6.45) is 5.18. The second kappa shape index (κ2) is 10.2. The van der Waals surface area contributed by atoms with Crippen molar-refractivity contribution in [2.75, 3.05) is 26.6 Å². The molecule has 1 aromatic carbocycles. The van der Waals surface area contributed by atoms with E-state index in [2.05, 4.69) is 32.3 Å². The van der Waals surface area contributed by atoms with Crippen LogP contribution in [-0.4, -0.2) is 68.9 Å². The van der Waals surface area contributed by atoms with E-state index < -0.39 is 0 Å². The molecule has 0 aliphatic carbocycles. The number of aromatic nitrogens is 5. The summed E-state index contributed by atoms with van der Waals surface area (Å²) < 4.78 is 24.7. The topological polar surface area (TPSA) is 117 Å². The molecule has 0 saturated carbocycles. The number of benzene rings is 1. The van der Waals surface area contributed by atoms with Crippen molar-refractivity contribution < 1.29 is 18.9 Å². The minimum absolute atomic E-state index is 0.0718. The van der Waals surface area contributed by atoms with Gasteiger partial charge in [-0.2, -0.15) is 0 Å². The standard InChI is InChI=1S/C25H32N6O5/c1-2-21(24-27-28-29-31(24)14-19-6-4-8-34-19)30(13-18-5-3-7-33-18)12-17-9-16-10-22-23(36-15-35-22)11-20(16)26-25(17)32/h9-11,18-19,21H,2-8,12-15H2,1H3,(H,26,32)/t18-,19+,21-/m0/s1. The first kappa shape index (κ1) is 23.4. The number of nitrogens with zero attached hydrogens (tertiary/aromatic N) is 5. The molecule has 11 nitrogen and oxygen atoms in total. The molecule has 3 aliphatic heterocycles. The fourth-order valence-electron chi connectivity index (χ4n) is 5.49. The van der Waals surface area contributed by atoms with Crippen LogP contribution in [0, 0.1) is 0 Å². The average molecular weight is 497 g/mol. The molecule has 6 rings (SSSR count). The second-order valence-electron chi connectivity index (χ2n) is 9.76. The third-order valence-corrected chi connectivity index (χ3v) is 7.34. The van der Waals surface area contributed by atoms with E-state index in [0.717, 1.165) is 62.0 Å². The predicted octanol–water partition coefficient (Wildman–Crippen LogP) is 2.55. The summed E-state index contributed by atoms with van der Waals surface area (Å²) in [7, 11) is 0. The molecule has 5 heterocycles. The van der Waals surface area contributed by atoms with Crippen LogP contribution < -0.4 is 15.0 Å². The van der Waals surface area contributed by atoms with Gasteiger partial charge in [0.15, 0.2) is 17.3 Å². The molecule has 11 heteroatoms. The number of ether oxygens (including phenoxy) is 4. The van der Waals surface area contributed by atoms with Crippen LogP contribution in [0.25, 0.3) is 10.9 Å². The van der Waals surface area contributed by atoms with E-state index >= 15 is 0 Å². The van der Waals surface area contributed by atoms with E-state index in [4.69, 9.17) is 18.9 Å². The molecule has 3 atom stereocenters. The molecule has 0 radical (unpaired) electrons. The van der Waals surface area contributed by atoms with Gasteiger partial charge in [-0.25, -0.2) is 4.68 Å². The smallest absolute Gasteiger partial charge is 0.252 e. The van der Waals surface area contributed by atoms with Crippen molar-refractivity contribution in [3.63, 3.8) is 0 Å². The summed E-state index contributed by atoms with van der Waals surface area (Å²) in [5.74, 6) is 2.14. The molecule has 0 unspecified atom stereocenters. The fraction of sp³-hybridized carbons (Fsp3) is 0.600. The zero-order valence-corrected chi connectivity index (χ0v) is 20.5. The lowest BCUT2D eigenvalue weighted by molar-refractivity contribution is 0.0470. The van der Waals surface area contributed by atoms with Gasteiger partial charge in [0.25, 0.3) is 5.56 Å². The molecule has 2 fully saturated rings. The molecule has 0 spiro atoms. The van der Waals surface area contributed by atoms with Crippen molar-refractivity contribution >= 4 is 10.9 Å². The summed E-state index contributed by atoms with van der Waals surface area (Å²) in [5, 5.41) is 13.6. The van der Waals surface area contributed by atoms with Crippen LogP contribution in [0.3, 0.4) is 0 Å². The van der Waals surface area contributed by atoms with Gasteiger partial charge in [0.1, 0.15) is 0 Å². The highest BCUT2D eigenvalue weighted by atomic mass is 16.7. The summed E-state index contributed by atoms with van der Waals surface area (Å²) in [6, 6.07) is 5.61. The lowest BCUT2D eigenvalue weighted by Gasteiger charge is -2.32. The fourth-order valence-corrected chi connectivity index (χ4v) is 5.49. The number of aromatic amines is 1. The van der Waals surface area contributed by atoms with Crippen LogP contribution in [0.2, 0.25) is 0 Å². The highest BCUT2D eigenvalue weighted by molar-refractivity contribution is 5.83. The predicted molar refractivity (Wildman–Crippen MR) is 130 cm³/mol. The Balaban J connectivity index is 1.31. The lowest BCUT2D eigenvalue weighted by atomic mass is 10.1. The largest absolute Gasteiger partial charge is 0.454 e. The van der Waals surface area contributed by atoms with Crippen LogP contribution in [-0.2, 0) is 22.6 Å². The van der Waals surface area contributed by atoms with Crippen molar-refractivity contribution in [2.24, 2.45) is 0 Å². The quantitative estimate of drug-likeness (QED) is 0.477. The molecule has 3 aliphatic rings. The van der Waals surface area contributed by atoms with E-state index in [-0.39, 0.29) is 30.6 Å². The molecule has 2 saturated heterocycles. The lowest BCUT2D eigenvalue weighted by Crippen LogP contribution is -2.38. The normalized spacial score (nSPS) is 22.2. The number of rotatable bonds is 9. The first-order chi connectivity index (χ1) is 17.7. The van der Waals surface area contributed by atoms with Gasteiger partial charge in [-0.05, 0) is 54.7 Å². The Labute approximate surface area is 208 Å². The molecular formula is C25H32N6O5. The maximum atomic E-state index is 13.2.